The highest BCUT2D eigenvalue weighted by Crippen LogP contribution is 2.17. The fourth-order valence-corrected chi connectivity index (χ4v) is 2.31. The van der Waals surface area contributed by atoms with Gasteiger partial charge in [0.25, 0.3) is 0 Å². The van der Waals surface area contributed by atoms with E-state index in [9.17, 15) is 0 Å². The molecule has 98 valence electrons. The second-order valence-corrected chi connectivity index (χ2v) is 4.73. The molecule has 1 aliphatic heterocycles. The van der Waals surface area contributed by atoms with Crippen LogP contribution in [-0.4, -0.2) is 41.1 Å². The molecule has 0 atom stereocenters. The Morgan fingerprint density at radius 1 is 0.895 bits per heavy atom. The van der Waals surface area contributed by atoms with Crippen LogP contribution in [0.2, 0.25) is 0 Å². The Kier molecular flexibility index (Phi) is 3.27. The van der Waals surface area contributed by atoms with E-state index in [0.29, 0.717) is 0 Å². The molecule has 2 aromatic heterocycles. The number of pyridine rings is 1. The molecule has 1 fully saturated rings. The number of nitrogens with zero attached hydrogens (tertiary/aromatic N) is 5. The fourth-order valence-electron chi connectivity index (χ4n) is 2.31. The van der Waals surface area contributed by atoms with E-state index in [0.717, 1.165) is 37.8 Å². The van der Waals surface area contributed by atoms with Gasteiger partial charge in [-0.25, -0.2) is 9.97 Å². The highest BCUT2D eigenvalue weighted by molar-refractivity contribution is 5.44. The third kappa shape index (κ3) is 2.65. The van der Waals surface area contributed by atoms with Crippen LogP contribution >= 0.6 is 0 Å². The van der Waals surface area contributed by atoms with Crippen molar-refractivity contribution in [1.29, 1.82) is 0 Å². The maximum Gasteiger partial charge on any atom is 0.147 e. The summed E-state index contributed by atoms with van der Waals surface area (Å²) >= 11 is 0. The van der Waals surface area contributed by atoms with Gasteiger partial charge in [0.1, 0.15) is 11.6 Å². The molecule has 5 nitrogen and oxygen atoms in total. The number of anilines is 2. The first-order valence-corrected chi connectivity index (χ1v) is 6.51. The number of piperazine rings is 1. The molecule has 0 aromatic carbocycles. The van der Waals surface area contributed by atoms with E-state index in [1.165, 1.54) is 5.56 Å². The van der Waals surface area contributed by atoms with Crippen LogP contribution in [0.4, 0.5) is 11.6 Å². The normalized spacial score (nSPS) is 15.6. The molecule has 0 saturated carbocycles. The van der Waals surface area contributed by atoms with Crippen LogP contribution in [-0.2, 0) is 0 Å². The molecule has 3 heterocycles. The van der Waals surface area contributed by atoms with Gasteiger partial charge >= 0.3 is 0 Å². The summed E-state index contributed by atoms with van der Waals surface area (Å²) in [5, 5.41) is 0. The van der Waals surface area contributed by atoms with Crippen molar-refractivity contribution in [3.05, 3.63) is 42.5 Å². The molecule has 0 spiro atoms. The summed E-state index contributed by atoms with van der Waals surface area (Å²) in [6.45, 7) is 5.93. The van der Waals surface area contributed by atoms with Gasteiger partial charge < -0.3 is 9.80 Å². The van der Waals surface area contributed by atoms with E-state index in [1.54, 1.807) is 12.4 Å². The minimum absolute atomic E-state index is 0.953. The van der Waals surface area contributed by atoms with Gasteiger partial charge in [-0.05, 0) is 24.6 Å². The van der Waals surface area contributed by atoms with Crippen molar-refractivity contribution in [2.24, 2.45) is 0 Å². The van der Waals surface area contributed by atoms with Crippen molar-refractivity contribution in [3.8, 4) is 0 Å². The molecular formula is C14H17N5. The molecule has 5 heteroatoms. The van der Waals surface area contributed by atoms with Gasteiger partial charge in [-0.2, -0.15) is 0 Å². The molecule has 0 radical (unpaired) electrons. The third-order valence-electron chi connectivity index (χ3n) is 3.38. The topological polar surface area (TPSA) is 45.2 Å². The zero-order valence-electron chi connectivity index (χ0n) is 11.0. The minimum atomic E-state index is 0.953. The van der Waals surface area contributed by atoms with Gasteiger partial charge in [-0.15, -0.1) is 0 Å². The van der Waals surface area contributed by atoms with E-state index in [-0.39, 0.29) is 0 Å². The number of hydrogen-bond donors (Lipinski definition) is 0. The van der Waals surface area contributed by atoms with Gasteiger partial charge in [0.2, 0.25) is 0 Å². The number of hydrogen-bond acceptors (Lipinski definition) is 5. The predicted octanol–water partition coefficient (Wildman–Crippen LogP) is 1.51. The predicted molar refractivity (Wildman–Crippen MR) is 75.4 cm³/mol. The van der Waals surface area contributed by atoms with E-state index in [1.807, 2.05) is 18.5 Å². The van der Waals surface area contributed by atoms with Crippen LogP contribution in [0.15, 0.2) is 36.9 Å². The van der Waals surface area contributed by atoms with Crippen LogP contribution in [0, 0.1) is 6.92 Å². The maximum absolute atomic E-state index is 4.44. The summed E-state index contributed by atoms with van der Waals surface area (Å²) in [5.41, 5.74) is 1.25. The smallest absolute Gasteiger partial charge is 0.147 e. The lowest BCUT2D eigenvalue weighted by molar-refractivity contribution is 0.640. The summed E-state index contributed by atoms with van der Waals surface area (Å²) in [6.07, 6.45) is 7.14. The molecule has 3 rings (SSSR count). The Balaban J connectivity index is 1.67. The van der Waals surface area contributed by atoms with Crippen LogP contribution < -0.4 is 9.80 Å². The van der Waals surface area contributed by atoms with Crippen molar-refractivity contribution in [3.63, 3.8) is 0 Å². The summed E-state index contributed by atoms with van der Waals surface area (Å²) in [7, 11) is 0. The van der Waals surface area contributed by atoms with Crippen molar-refractivity contribution in [1.82, 2.24) is 15.0 Å². The Morgan fingerprint density at radius 3 is 2.21 bits per heavy atom. The Morgan fingerprint density at radius 2 is 1.58 bits per heavy atom. The number of rotatable bonds is 2. The Bertz CT molecular complexity index is 535. The highest BCUT2D eigenvalue weighted by atomic mass is 15.3. The van der Waals surface area contributed by atoms with Crippen LogP contribution in [0.3, 0.4) is 0 Å². The molecular weight excluding hydrogens is 238 g/mol. The van der Waals surface area contributed by atoms with Gasteiger partial charge in [-0.3, -0.25) is 4.98 Å². The molecule has 0 bridgehead atoms. The van der Waals surface area contributed by atoms with Crippen molar-refractivity contribution >= 4 is 11.6 Å². The van der Waals surface area contributed by atoms with Crippen LogP contribution in [0.1, 0.15) is 5.56 Å². The quantitative estimate of drug-likeness (QED) is 0.814. The van der Waals surface area contributed by atoms with Gasteiger partial charge in [-0.1, -0.05) is 0 Å². The maximum atomic E-state index is 4.44. The summed E-state index contributed by atoms with van der Waals surface area (Å²) in [5.74, 6) is 2.03. The molecule has 19 heavy (non-hydrogen) atoms. The van der Waals surface area contributed by atoms with E-state index in [4.69, 9.17) is 0 Å². The Labute approximate surface area is 112 Å². The molecule has 0 N–H and O–H groups in total. The lowest BCUT2D eigenvalue weighted by atomic mass is 10.2. The van der Waals surface area contributed by atoms with Gasteiger partial charge in [0.05, 0.1) is 6.20 Å². The average molecular weight is 255 g/mol. The molecule has 1 saturated heterocycles. The fraction of sp³-hybridized carbons (Fsp3) is 0.357. The number of aryl methyl sites for hydroxylation is 1. The van der Waals surface area contributed by atoms with Gasteiger partial charge in [0, 0.05) is 44.8 Å². The van der Waals surface area contributed by atoms with Crippen LogP contribution in [0.25, 0.3) is 0 Å². The number of aromatic nitrogens is 3. The summed E-state index contributed by atoms with van der Waals surface area (Å²) in [4.78, 5) is 17.5. The second kappa shape index (κ2) is 5.22. The standard InChI is InChI=1S/C14H17N5/c1-12-2-3-16-13(10-12)18-6-8-19(9-7-18)14-11-15-4-5-17-14/h2-5,10-11H,6-9H2,1H3. The lowest BCUT2D eigenvalue weighted by Gasteiger charge is -2.35. The van der Waals surface area contributed by atoms with E-state index < -0.39 is 0 Å². The van der Waals surface area contributed by atoms with Crippen LogP contribution in [0.5, 0.6) is 0 Å². The first-order valence-electron chi connectivity index (χ1n) is 6.51. The van der Waals surface area contributed by atoms with E-state index in [2.05, 4.69) is 37.7 Å². The molecule has 0 amide bonds. The SMILES string of the molecule is Cc1ccnc(N2CCN(c3cnccn3)CC2)c1. The Hall–Kier alpha value is -2.17. The summed E-state index contributed by atoms with van der Waals surface area (Å²) in [6, 6.07) is 4.16. The minimum Gasteiger partial charge on any atom is -0.353 e. The third-order valence-corrected chi connectivity index (χ3v) is 3.38. The molecule has 2 aromatic rings. The first kappa shape index (κ1) is 11.9. The van der Waals surface area contributed by atoms with Gasteiger partial charge in [0.15, 0.2) is 0 Å². The molecule has 0 unspecified atom stereocenters. The average Bonchev–Trinajstić information content (AvgIpc) is 2.48. The van der Waals surface area contributed by atoms with Crippen molar-refractivity contribution < 1.29 is 0 Å². The van der Waals surface area contributed by atoms with E-state index >= 15 is 0 Å². The zero-order chi connectivity index (χ0) is 13.1. The van der Waals surface area contributed by atoms with Crippen molar-refractivity contribution in [2.45, 2.75) is 6.92 Å². The largest absolute Gasteiger partial charge is 0.353 e. The zero-order valence-corrected chi connectivity index (χ0v) is 11.0. The molecule has 1 aliphatic rings. The highest BCUT2D eigenvalue weighted by Gasteiger charge is 2.18. The molecule has 0 aliphatic carbocycles. The lowest BCUT2D eigenvalue weighted by Crippen LogP contribution is -2.47. The second-order valence-electron chi connectivity index (χ2n) is 4.73. The first-order chi connectivity index (χ1) is 9.33. The van der Waals surface area contributed by atoms with Crippen molar-refractivity contribution in [2.75, 3.05) is 36.0 Å². The monoisotopic (exact) mass is 255 g/mol. The summed E-state index contributed by atoms with van der Waals surface area (Å²) < 4.78 is 0.